The lowest BCUT2D eigenvalue weighted by atomic mass is 9.81. The summed E-state index contributed by atoms with van der Waals surface area (Å²) in [6.07, 6.45) is 2.61. The van der Waals surface area contributed by atoms with Crippen LogP contribution in [0.2, 0.25) is 0 Å². The first kappa shape index (κ1) is 14.9. The number of nitrogens with zero attached hydrogens (tertiary/aromatic N) is 1. The minimum absolute atomic E-state index is 0.0995. The first-order chi connectivity index (χ1) is 7.87. The summed E-state index contributed by atoms with van der Waals surface area (Å²) in [5.41, 5.74) is 5.42. The molecule has 1 rings (SSSR count). The molecule has 102 valence electrons. The Morgan fingerprint density at radius 1 is 1.35 bits per heavy atom. The van der Waals surface area contributed by atoms with E-state index in [-0.39, 0.29) is 11.2 Å². The molecule has 1 aliphatic heterocycles. The first-order valence-corrected chi connectivity index (χ1v) is 7.88. The Kier molecular flexibility index (Phi) is 5.37. The summed E-state index contributed by atoms with van der Waals surface area (Å²) in [6, 6.07) is 0. The molecule has 17 heavy (non-hydrogen) atoms. The van der Waals surface area contributed by atoms with Crippen molar-refractivity contribution in [3.63, 3.8) is 0 Å². The highest BCUT2D eigenvalue weighted by Crippen LogP contribution is 2.29. The van der Waals surface area contributed by atoms with Crippen LogP contribution >= 0.6 is 0 Å². The van der Waals surface area contributed by atoms with Gasteiger partial charge in [0.25, 0.3) is 0 Å². The van der Waals surface area contributed by atoms with E-state index in [4.69, 9.17) is 5.73 Å². The second-order valence-electron chi connectivity index (χ2n) is 5.40. The lowest BCUT2D eigenvalue weighted by Gasteiger charge is -2.37. The van der Waals surface area contributed by atoms with E-state index >= 15 is 0 Å². The van der Waals surface area contributed by atoms with Gasteiger partial charge in [0.2, 0.25) is 10.0 Å². The SMILES string of the molecule is CN1CCC(C)(CNS(=O)(=O)CCCN)CC1. The number of piperidine rings is 1. The predicted molar refractivity (Wildman–Crippen MR) is 70.3 cm³/mol. The second-order valence-corrected chi connectivity index (χ2v) is 7.32. The molecule has 1 heterocycles. The lowest BCUT2D eigenvalue weighted by molar-refractivity contribution is 0.143. The molecule has 0 aromatic rings. The molecule has 0 aromatic heterocycles. The molecule has 5 nitrogen and oxygen atoms in total. The van der Waals surface area contributed by atoms with Crippen LogP contribution in [0.5, 0.6) is 0 Å². The number of nitrogens with two attached hydrogens (primary N) is 1. The van der Waals surface area contributed by atoms with Gasteiger partial charge in [0, 0.05) is 6.54 Å². The Balaban J connectivity index is 2.39. The molecule has 0 atom stereocenters. The van der Waals surface area contributed by atoms with Crippen molar-refractivity contribution < 1.29 is 8.42 Å². The van der Waals surface area contributed by atoms with Crippen LogP contribution in [0.15, 0.2) is 0 Å². The van der Waals surface area contributed by atoms with Crippen molar-refractivity contribution in [3.8, 4) is 0 Å². The highest BCUT2D eigenvalue weighted by atomic mass is 32.2. The molecule has 1 aliphatic rings. The summed E-state index contributed by atoms with van der Waals surface area (Å²) in [7, 11) is -1.04. The zero-order chi connectivity index (χ0) is 12.9. The Morgan fingerprint density at radius 3 is 2.47 bits per heavy atom. The number of hydrogen-bond donors (Lipinski definition) is 2. The molecule has 0 saturated carbocycles. The van der Waals surface area contributed by atoms with Crippen LogP contribution in [0.1, 0.15) is 26.2 Å². The second kappa shape index (κ2) is 6.13. The molecule has 3 N–H and O–H groups in total. The zero-order valence-corrected chi connectivity index (χ0v) is 11.7. The summed E-state index contributed by atoms with van der Waals surface area (Å²) in [5.74, 6) is 0.138. The number of rotatable bonds is 6. The molecule has 1 saturated heterocycles. The molecule has 0 amide bonds. The fourth-order valence-corrected chi connectivity index (χ4v) is 3.22. The van der Waals surface area contributed by atoms with Crippen LogP contribution in [0.4, 0.5) is 0 Å². The van der Waals surface area contributed by atoms with Crippen molar-refractivity contribution in [1.29, 1.82) is 0 Å². The smallest absolute Gasteiger partial charge is 0.211 e. The average Bonchev–Trinajstić information content (AvgIpc) is 2.29. The van der Waals surface area contributed by atoms with Gasteiger partial charge in [-0.1, -0.05) is 6.92 Å². The van der Waals surface area contributed by atoms with Crippen molar-refractivity contribution in [1.82, 2.24) is 9.62 Å². The predicted octanol–water partition coefficient (Wildman–Crippen LogP) is -0.0135. The summed E-state index contributed by atoms with van der Waals surface area (Å²) in [6.45, 7) is 5.21. The van der Waals surface area contributed by atoms with Gasteiger partial charge in [0.15, 0.2) is 0 Å². The quantitative estimate of drug-likeness (QED) is 0.706. The molecule has 0 unspecified atom stereocenters. The van der Waals surface area contributed by atoms with Crippen molar-refractivity contribution in [2.75, 3.05) is 39.0 Å². The lowest BCUT2D eigenvalue weighted by Crippen LogP contribution is -2.44. The fourth-order valence-electron chi connectivity index (χ4n) is 1.96. The minimum atomic E-state index is -3.14. The van der Waals surface area contributed by atoms with Crippen molar-refractivity contribution in [3.05, 3.63) is 0 Å². The topological polar surface area (TPSA) is 75.4 Å². The van der Waals surface area contributed by atoms with Gasteiger partial charge in [-0.25, -0.2) is 13.1 Å². The third-order valence-corrected chi connectivity index (χ3v) is 4.94. The Morgan fingerprint density at radius 2 is 1.94 bits per heavy atom. The molecule has 1 fully saturated rings. The van der Waals surface area contributed by atoms with Crippen LogP contribution in [0.25, 0.3) is 0 Å². The van der Waals surface area contributed by atoms with E-state index in [2.05, 4.69) is 23.6 Å². The third kappa shape index (κ3) is 5.33. The normalized spacial score (nSPS) is 21.6. The Hall–Kier alpha value is -0.170. The van der Waals surface area contributed by atoms with Gasteiger partial charge < -0.3 is 10.6 Å². The third-order valence-electron chi connectivity index (χ3n) is 3.53. The fraction of sp³-hybridized carbons (Fsp3) is 1.00. The molecule has 0 spiro atoms. The van der Waals surface area contributed by atoms with E-state index in [0.29, 0.717) is 19.5 Å². The molecule has 6 heteroatoms. The number of sulfonamides is 1. The van der Waals surface area contributed by atoms with Gasteiger partial charge in [-0.3, -0.25) is 0 Å². The van der Waals surface area contributed by atoms with E-state index in [9.17, 15) is 8.42 Å². The molecule has 0 bridgehead atoms. The average molecular weight is 263 g/mol. The maximum absolute atomic E-state index is 11.7. The highest BCUT2D eigenvalue weighted by Gasteiger charge is 2.29. The standard InChI is InChI=1S/C11H25N3O2S/c1-11(4-7-14(2)8-5-11)10-13-17(15,16)9-3-6-12/h13H,3-10,12H2,1-2H3. The van der Waals surface area contributed by atoms with E-state index in [0.717, 1.165) is 25.9 Å². The number of likely N-dealkylation sites (tertiary alicyclic amines) is 1. The van der Waals surface area contributed by atoms with Gasteiger partial charge in [-0.2, -0.15) is 0 Å². The molecular weight excluding hydrogens is 238 g/mol. The van der Waals surface area contributed by atoms with E-state index < -0.39 is 10.0 Å². The summed E-state index contributed by atoms with van der Waals surface area (Å²) >= 11 is 0. The minimum Gasteiger partial charge on any atom is -0.330 e. The van der Waals surface area contributed by atoms with Gasteiger partial charge in [-0.05, 0) is 51.4 Å². The van der Waals surface area contributed by atoms with Crippen LogP contribution in [-0.4, -0.2) is 52.3 Å². The number of hydrogen-bond acceptors (Lipinski definition) is 4. The summed E-state index contributed by atoms with van der Waals surface area (Å²) in [5, 5.41) is 0. The summed E-state index contributed by atoms with van der Waals surface area (Å²) < 4.78 is 26.0. The highest BCUT2D eigenvalue weighted by molar-refractivity contribution is 7.89. The monoisotopic (exact) mass is 263 g/mol. The first-order valence-electron chi connectivity index (χ1n) is 6.23. The van der Waals surface area contributed by atoms with Crippen molar-refractivity contribution in [2.24, 2.45) is 11.1 Å². The summed E-state index contributed by atoms with van der Waals surface area (Å²) in [4.78, 5) is 2.28. The van der Waals surface area contributed by atoms with E-state index in [1.54, 1.807) is 0 Å². The maximum atomic E-state index is 11.7. The molecule has 0 aromatic carbocycles. The van der Waals surface area contributed by atoms with Gasteiger partial charge >= 0.3 is 0 Å². The molecule has 0 radical (unpaired) electrons. The van der Waals surface area contributed by atoms with E-state index in [1.807, 2.05) is 0 Å². The molecular formula is C11H25N3O2S. The molecule has 0 aliphatic carbocycles. The van der Waals surface area contributed by atoms with Gasteiger partial charge in [-0.15, -0.1) is 0 Å². The van der Waals surface area contributed by atoms with Crippen molar-refractivity contribution in [2.45, 2.75) is 26.2 Å². The number of nitrogens with one attached hydrogen (secondary N) is 1. The van der Waals surface area contributed by atoms with Gasteiger partial charge in [0.1, 0.15) is 0 Å². The maximum Gasteiger partial charge on any atom is 0.211 e. The van der Waals surface area contributed by atoms with Crippen LogP contribution in [0, 0.1) is 5.41 Å². The zero-order valence-electron chi connectivity index (χ0n) is 10.9. The Bertz CT molecular complexity index is 322. The van der Waals surface area contributed by atoms with Crippen LogP contribution in [-0.2, 0) is 10.0 Å². The van der Waals surface area contributed by atoms with Gasteiger partial charge in [0.05, 0.1) is 5.75 Å². The Labute approximate surface area is 105 Å². The van der Waals surface area contributed by atoms with Crippen LogP contribution < -0.4 is 10.5 Å². The van der Waals surface area contributed by atoms with E-state index in [1.165, 1.54) is 0 Å². The van der Waals surface area contributed by atoms with Crippen molar-refractivity contribution >= 4 is 10.0 Å². The van der Waals surface area contributed by atoms with Crippen LogP contribution in [0.3, 0.4) is 0 Å². The largest absolute Gasteiger partial charge is 0.330 e.